The second kappa shape index (κ2) is 5.94. The van der Waals surface area contributed by atoms with E-state index in [1.165, 1.54) is 5.56 Å². The molecule has 13 heavy (non-hydrogen) atoms. The molecule has 4 heteroatoms. The first-order valence-corrected chi connectivity index (χ1v) is 5.49. The Morgan fingerprint density at radius 2 is 2.08 bits per heavy atom. The predicted octanol–water partition coefficient (Wildman–Crippen LogP) is 1.48. The van der Waals surface area contributed by atoms with Crippen LogP contribution in [0.4, 0.5) is 0 Å². The van der Waals surface area contributed by atoms with Crippen LogP contribution in [0.15, 0.2) is 17.6 Å². The number of aryl methyl sites for hydroxylation is 1. The molecule has 0 atom stereocenters. The highest BCUT2D eigenvalue weighted by molar-refractivity contribution is 7.99. The Kier molecular flexibility index (Phi) is 4.78. The van der Waals surface area contributed by atoms with Crippen LogP contribution >= 0.6 is 11.8 Å². The average Bonchev–Trinajstić information content (AvgIpc) is 2.17. The van der Waals surface area contributed by atoms with Crippen LogP contribution in [0, 0.1) is 0 Å². The Bertz CT molecular complexity index is 235. The zero-order chi connectivity index (χ0) is 9.52. The van der Waals surface area contributed by atoms with E-state index in [1.54, 1.807) is 11.8 Å². The normalized spacial score (nSPS) is 10.3. The number of nitrogens with zero attached hydrogens (tertiary/aromatic N) is 2. The second-order valence-electron chi connectivity index (χ2n) is 2.70. The number of hydrogen-bond acceptors (Lipinski definition) is 4. The van der Waals surface area contributed by atoms with Gasteiger partial charge in [-0.2, -0.15) is 0 Å². The van der Waals surface area contributed by atoms with Gasteiger partial charge in [0.25, 0.3) is 0 Å². The Hall–Kier alpha value is -0.610. The van der Waals surface area contributed by atoms with Gasteiger partial charge in [-0.1, -0.05) is 18.7 Å². The molecule has 2 N–H and O–H groups in total. The fourth-order valence-corrected chi connectivity index (χ4v) is 1.49. The maximum atomic E-state index is 5.41. The third-order valence-electron chi connectivity index (χ3n) is 1.62. The van der Waals surface area contributed by atoms with Gasteiger partial charge in [-0.25, -0.2) is 9.97 Å². The van der Waals surface area contributed by atoms with Gasteiger partial charge in [-0.3, -0.25) is 0 Å². The molecule has 1 rings (SSSR count). The lowest BCUT2D eigenvalue weighted by molar-refractivity contribution is 0.810. The number of aromatic nitrogens is 2. The summed E-state index contributed by atoms with van der Waals surface area (Å²) in [5.41, 5.74) is 6.58. The number of rotatable bonds is 5. The summed E-state index contributed by atoms with van der Waals surface area (Å²) in [6, 6.07) is 0. The molecule has 72 valence electrons. The molecule has 1 aromatic heterocycles. The highest BCUT2D eigenvalue weighted by atomic mass is 32.2. The van der Waals surface area contributed by atoms with E-state index < -0.39 is 0 Å². The Morgan fingerprint density at radius 3 is 2.62 bits per heavy atom. The van der Waals surface area contributed by atoms with Gasteiger partial charge < -0.3 is 5.73 Å². The van der Waals surface area contributed by atoms with Gasteiger partial charge in [-0.05, 0) is 30.7 Å². The van der Waals surface area contributed by atoms with Crippen LogP contribution in [0.3, 0.4) is 0 Å². The van der Waals surface area contributed by atoms with Crippen LogP contribution in [0.25, 0.3) is 0 Å². The molecule has 0 aliphatic carbocycles. The predicted molar refractivity (Wildman–Crippen MR) is 55.8 cm³/mol. The van der Waals surface area contributed by atoms with Crippen molar-refractivity contribution in [3.8, 4) is 0 Å². The van der Waals surface area contributed by atoms with E-state index in [0.717, 1.165) is 30.3 Å². The first-order chi connectivity index (χ1) is 6.36. The summed E-state index contributed by atoms with van der Waals surface area (Å²) in [5, 5.41) is 0.860. The summed E-state index contributed by atoms with van der Waals surface area (Å²) in [4.78, 5) is 8.46. The van der Waals surface area contributed by atoms with E-state index >= 15 is 0 Å². The van der Waals surface area contributed by atoms with Crippen molar-refractivity contribution in [3.63, 3.8) is 0 Å². The van der Waals surface area contributed by atoms with E-state index in [4.69, 9.17) is 5.73 Å². The van der Waals surface area contributed by atoms with Crippen LogP contribution < -0.4 is 5.73 Å². The maximum Gasteiger partial charge on any atom is 0.187 e. The monoisotopic (exact) mass is 197 g/mol. The molecule has 3 nitrogen and oxygen atoms in total. The van der Waals surface area contributed by atoms with Gasteiger partial charge in [0.2, 0.25) is 0 Å². The van der Waals surface area contributed by atoms with Crippen molar-refractivity contribution >= 4 is 11.8 Å². The molecule has 1 heterocycles. The third kappa shape index (κ3) is 3.74. The van der Waals surface area contributed by atoms with Crippen molar-refractivity contribution in [1.82, 2.24) is 9.97 Å². The fourth-order valence-electron chi connectivity index (χ4n) is 0.982. The van der Waals surface area contributed by atoms with Crippen LogP contribution in [0.2, 0.25) is 0 Å². The number of thioether (sulfide) groups is 1. The standard InChI is InChI=1S/C9H15N3S/c1-2-13-9-11-6-8(7-12-9)4-3-5-10/h6-7H,2-5,10H2,1H3. The maximum absolute atomic E-state index is 5.41. The summed E-state index contributed by atoms with van der Waals surface area (Å²) >= 11 is 1.66. The first kappa shape index (κ1) is 10.5. The molecule has 0 aliphatic rings. The summed E-state index contributed by atoms with van der Waals surface area (Å²) in [5.74, 6) is 1.02. The zero-order valence-electron chi connectivity index (χ0n) is 7.86. The van der Waals surface area contributed by atoms with Crippen molar-refractivity contribution in [1.29, 1.82) is 0 Å². The first-order valence-electron chi connectivity index (χ1n) is 4.50. The SMILES string of the molecule is CCSc1ncc(CCCN)cn1. The van der Waals surface area contributed by atoms with Crippen LogP contribution in [0.5, 0.6) is 0 Å². The van der Waals surface area contributed by atoms with Gasteiger partial charge in [0.1, 0.15) is 0 Å². The van der Waals surface area contributed by atoms with E-state index in [9.17, 15) is 0 Å². The topological polar surface area (TPSA) is 51.8 Å². The molecule has 0 unspecified atom stereocenters. The highest BCUT2D eigenvalue weighted by Gasteiger charge is 1.96. The molecule has 0 fully saturated rings. The lowest BCUT2D eigenvalue weighted by Gasteiger charge is -1.99. The van der Waals surface area contributed by atoms with Crippen molar-refractivity contribution in [3.05, 3.63) is 18.0 Å². The molecule has 0 spiro atoms. The minimum Gasteiger partial charge on any atom is -0.330 e. The van der Waals surface area contributed by atoms with Gasteiger partial charge in [0.05, 0.1) is 0 Å². The summed E-state index contributed by atoms with van der Waals surface area (Å²) < 4.78 is 0. The molecule has 0 bridgehead atoms. The van der Waals surface area contributed by atoms with Crippen LogP contribution in [-0.4, -0.2) is 22.3 Å². The molecule has 0 aliphatic heterocycles. The van der Waals surface area contributed by atoms with Crippen molar-refractivity contribution in [2.24, 2.45) is 5.73 Å². The average molecular weight is 197 g/mol. The third-order valence-corrected chi connectivity index (χ3v) is 2.38. The molecule has 0 saturated heterocycles. The van der Waals surface area contributed by atoms with Gasteiger partial charge in [0, 0.05) is 12.4 Å². The van der Waals surface area contributed by atoms with Crippen molar-refractivity contribution in [2.75, 3.05) is 12.3 Å². The molecular formula is C9H15N3S. The van der Waals surface area contributed by atoms with Crippen LogP contribution in [0.1, 0.15) is 18.9 Å². The lowest BCUT2D eigenvalue weighted by atomic mass is 10.2. The van der Waals surface area contributed by atoms with E-state index in [1.807, 2.05) is 12.4 Å². The minimum absolute atomic E-state index is 0.728. The zero-order valence-corrected chi connectivity index (χ0v) is 8.68. The van der Waals surface area contributed by atoms with Gasteiger partial charge >= 0.3 is 0 Å². The molecule has 0 saturated carbocycles. The van der Waals surface area contributed by atoms with Crippen LogP contribution in [-0.2, 0) is 6.42 Å². The van der Waals surface area contributed by atoms with E-state index in [0.29, 0.717) is 0 Å². The fraction of sp³-hybridized carbons (Fsp3) is 0.556. The molecule has 0 radical (unpaired) electrons. The number of nitrogens with two attached hydrogens (primary N) is 1. The van der Waals surface area contributed by atoms with Gasteiger partial charge in [-0.15, -0.1) is 0 Å². The van der Waals surface area contributed by atoms with E-state index in [2.05, 4.69) is 16.9 Å². The van der Waals surface area contributed by atoms with E-state index in [-0.39, 0.29) is 0 Å². The molecule has 1 aromatic rings. The molecular weight excluding hydrogens is 182 g/mol. The second-order valence-corrected chi connectivity index (χ2v) is 3.93. The molecule has 0 aromatic carbocycles. The largest absolute Gasteiger partial charge is 0.330 e. The lowest BCUT2D eigenvalue weighted by Crippen LogP contribution is -2.01. The van der Waals surface area contributed by atoms with Crippen molar-refractivity contribution in [2.45, 2.75) is 24.9 Å². The quantitative estimate of drug-likeness (QED) is 0.574. The Labute approximate surface area is 83.2 Å². The molecule has 0 amide bonds. The minimum atomic E-state index is 0.728. The smallest absolute Gasteiger partial charge is 0.187 e. The van der Waals surface area contributed by atoms with Gasteiger partial charge in [0.15, 0.2) is 5.16 Å². The summed E-state index contributed by atoms with van der Waals surface area (Å²) in [7, 11) is 0. The summed E-state index contributed by atoms with van der Waals surface area (Å²) in [6.07, 6.45) is 5.76. The summed E-state index contributed by atoms with van der Waals surface area (Å²) in [6.45, 7) is 2.82. The Balaban J connectivity index is 2.48. The van der Waals surface area contributed by atoms with Crippen molar-refractivity contribution < 1.29 is 0 Å². The highest BCUT2D eigenvalue weighted by Crippen LogP contribution is 2.11. The Morgan fingerprint density at radius 1 is 1.38 bits per heavy atom. The number of hydrogen-bond donors (Lipinski definition) is 1.